The predicted molar refractivity (Wildman–Crippen MR) is 98.6 cm³/mol. The van der Waals surface area contributed by atoms with Crippen molar-refractivity contribution in [1.82, 2.24) is 4.90 Å². The van der Waals surface area contributed by atoms with Gasteiger partial charge in [-0.05, 0) is 30.3 Å². The van der Waals surface area contributed by atoms with Gasteiger partial charge in [0.25, 0.3) is 0 Å². The largest absolute Gasteiger partial charge is 0.496 e. The van der Waals surface area contributed by atoms with Gasteiger partial charge < -0.3 is 19.7 Å². The minimum absolute atomic E-state index is 0.0308. The number of rotatable bonds is 4. The summed E-state index contributed by atoms with van der Waals surface area (Å²) >= 11 is 5.94. The van der Waals surface area contributed by atoms with Crippen molar-refractivity contribution in [3.8, 4) is 5.75 Å². The quantitative estimate of drug-likeness (QED) is 0.696. The Morgan fingerprint density at radius 3 is 2.66 bits per heavy atom. The van der Waals surface area contributed by atoms with Crippen LogP contribution in [-0.2, 0) is 16.9 Å². The van der Waals surface area contributed by atoms with Gasteiger partial charge in [0, 0.05) is 23.3 Å². The third-order valence-corrected chi connectivity index (χ3v) is 4.92. The molecule has 1 aliphatic heterocycles. The number of hydrogen-bond donors (Lipinski definition) is 1. The van der Waals surface area contributed by atoms with E-state index >= 15 is 0 Å². The third-order valence-electron chi connectivity index (χ3n) is 4.68. The third kappa shape index (κ3) is 3.84. The lowest BCUT2D eigenvalue weighted by Crippen LogP contribution is -2.52. The van der Waals surface area contributed by atoms with Crippen LogP contribution in [0, 0.1) is 5.82 Å². The van der Waals surface area contributed by atoms with Crippen LogP contribution in [0.25, 0.3) is 0 Å². The fraction of sp³-hybridized carbons (Fsp3) is 0.316. The molecule has 0 saturated heterocycles. The maximum atomic E-state index is 14.4. The molecule has 3 rings (SSSR count). The smallest absolute Gasteiger partial charge is 0.423 e. The first-order chi connectivity index (χ1) is 13.6. The standard InChI is InChI=1S/C19H17ClF4N2O3/c1-26-10-18(19(22,23)24,13-8-11(20)6-7-15(13)25-17(26)27)29-9-12-14(21)4-3-5-16(12)28-2/h3-8H,9-10H2,1-2H3,(H,25,27). The minimum Gasteiger partial charge on any atom is -0.496 e. The van der Waals surface area contributed by atoms with Crippen LogP contribution in [0.3, 0.4) is 0 Å². The van der Waals surface area contributed by atoms with E-state index in [9.17, 15) is 22.4 Å². The normalized spacial score (nSPS) is 19.4. The lowest BCUT2D eigenvalue weighted by atomic mass is 9.90. The first kappa shape index (κ1) is 21.2. The fourth-order valence-electron chi connectivity index (χ4n) is 3.17. The van der Waals surface area contributed by atoms with Crippen LogP contribution in [-0.4, -0.2) is 37.8 Å². The maximum absolute atomic E-state index is 14.4. The van der Waals surface area contributed by atoms with Crippen LogP contribution in [0.5, 0.6) is 5.75 Å². The molecule has 29 heavy (non-hydrogen) atoms. The number of fused-ring (bicyclic) bond motifs is 1. The number of benzene rings is 2. The lowest BCUT2D eigenvalue weighted by molar-refractivity contribution is -0.291. The molecule has 1 atom stereocenters. The number of nitrogens with one attached hydrogen (secondary N) is 1. The molecule has 1 aliphatic rings. The van der Waals surface area contributed by atoms with E-state index in [1.165, 1.54) is 38.4 Å². The van der Waals surface area contributed by atoms with Gasteiger partial charge in [-0.3, -0.25) is 0 Å². The van der Waals surface area contributed by atoms with Crippen LogP contribution in [0.1, 0.15) is 11.1 Å². The monoisotopic (exact) mass is 432 g/mol. The molecule has 0 saturated carbocycles. The summed E-state index contributed by atoms with van der Waals surface area (Å²) in [6.45, 7) is -1.60. The summed E-state index contributed by atoms with van der Waals surface area (Å²) in [5, 5.41) is 2.44. The molecule has 0 aliphatic carbocycles. The molecular weight excluding hydrogens is 416 g/mol. The van der Waals surface area contributed by atoms with Crippen molar-refractivity contribution in [2.45, 2.75) is 18.4 Å². The van der Waals surface area contributed by atoms with Crippen LogP contribution < -0.4 is 10.1 Å². The molecule has 10 heteroatoms. The van der Waals surface area contributed by atoms with E-state index in [1.54, 1.807) is 0 Å². The molecule has 2 aromatic carbocycles. The summed E-state index contributed by atoms with van der Waals surface area (Å²) in [5.74, 6) is -0.728. The summed E-state index contributed by atoms with van der Waals surface area (Å²) in [6, 6.07) is 6.84. The van der Waals surface area contributed by atoms with E-state index in [-0.39, 0.29) is 27.6 Å². The molecule has 1 heterocycles. The van der Waals surface area contributed by atoms with Gasteiger partial charge in [-0.2, -0.15) is 13.2 Å². The predicted octanol–water partition coefficient (Wildman–Crippen LogP) is 4.94. The number of halogens is 5. The van der Waals surface area contributed by atoms with Crippen molar-refractivity contribution in [3.05, 3.63) is 58.4 Å². The van der Waals surface area contributed by atoms with Crippen molar-refractivity contribution in [1.29, 1.82) is 0 Å². The van der Waals surface area contributed by atoms with Crippen LogP contribution in [0.2, 0.25) is 5.02 Å². The SMILES string of the molecule is COc1cccc(F)c1COC1(C(F)(F)F)CN(C)C(=O)Nc2ccc(Cl)cc21. The van der Waals surface area contributed by atoms with E-state index in [0.29, 0.717) is 0 Å². The van der Waals surface area contributed by atoms with Gasteiger partial charge in [0.15, 0.2) is 0 Å². The molecule has 1 unspecified atom stereocenters. The Hall–Kier alpha value is -2.52. The molecule has 2 aromatic rings. The summed E-state index contributed by atoms with van der Waals surface area (Å²) in [6.07, 6.45) is -4.95. The second-order valence-electron chi connectivity index (χ2n) is 6.51. The van der Waals surface area contributed by atoms with E-state index in [4.69, 9.17) is 21.1 Å². The molecule has 0 aromatic heterocycles. The Bertz CT molecular complexity index is 938. The zero-order chi connectivity index (χ0) is 21.4. The molecule has 2 amide bonds. The Balaban J connectivity index is 2.14. The Morgan fingerprint density at radius 1 is 1.28 bits per heavy atom. The summed E-state index contributed by atoms with van der Waals surface area (Å²) in [4.78, 5) is 13.0. The second kappa shape index (κ2) is 7.72. The zero-order valence-corrected chi connectivity index (χ0v) is 16.2. The highest BCUT2D eigenvalue weighted by Gasteiger charge is 2.60. The summed E-state index contributed by atoms with van der Waals surface area (Å²) in [5.41, 5.74) is -3.59. The number of carbonyl (C=O) groups excluding carboxylic acids is 1. The van der Waals surface area contributed by atoms with E-state index < -0.39 is 36.8 Å². The van der Waals surface area contributed by atoms with Crippen molar-refractivity contribution >= 4 is 23.3 Å². The molecule has 0 bridgehead atoms. The molecule has 0 fully saturated rings. The number of anilines is 1. The maximum Gasteiger partial charge on any atom is 0.423 e. The van der Waals surface area contributed by atoms with Crippen molar-refractivity contribution < 1.29 is 31.8 Å². The average Bonchev–Trinajstić information content (AvgIpc) is 2.75. The van der Waals surface area contributed by atoms with Crippen molar-refractivity contribution in [2.24, 2.45) is 0 Å². The number of methoxy groups -OCH3 is 1. The lowest BCUT2D eigenvalue weighted by Gasteiger charge is -2.37. The highest BCUT2D eigenvalue weighted by atomic mass is 35.5. The molecule has 0 spiro atoms. The van der Waals surface area contributed by atoms with Gasteiger partial charge in [0.2, 0.25) is 5.60 Å². The number of alkyl halides is 3. The summed E-state index contributed by atoms with van der Waals surface area (Å²) < 4.78 is 67.9. The van der Waals surface area contributed by atoms with Crippen LogP contribution >= 0.6 is 11.6 Å². The Kier molecular flexibility index (Phi) is 5.64. The van der Waals surface area contributed by atoms with Gasteiger partial charge in [0.05, 0.1) is 25.8 Å². The van der Waals surface area contributed by atoms with Crippen molar-refractivity contribution in [2.75, 3.05) is 26.0 Å². The first-order valence-electron chi connectivity index (χ1n) is 8.43. The number of carbonyl (C=O) groups is 1. The van der Waals surface area contributed by atoms with E-state index in [2.05, 4.69) is 5.32 Å². The minimum atomic E-state index is -4.95. The Morgan fingerprint density at radius 2 is 2.00 bits per heavy atom. The number of amides is 2. The topological polar surface area (TPSA) is 50.8 Å². The highest BCUT2D eigenvalue weighted by Crippen LogP contribution is 2.48. The van der Waals surface area contributed by atoms with Crippen molar-refractivity contribution in [3.63, 3.8) is 0 Å². The summed E-state index contributed by atoms with van der Waals surface area (Å²) in [7, 11) is 2.48. The number of urea groups is 1. The molecule has 5 nitrogen and oxygen atoms in total. The van der Waals surface area contributed by atoms with Gasteiger partial charge in [-0.25, -0.2) is 9.18 Å². The Labute approximate surface area is 169 Å². The van der Waals surface area contributed by atoms with Gasteiger partial charge >= 0.3 is 12.2 Å². The fourth-order valence-corrected chi connectivity index (χ4v) is 3.35. The molecule has 0 radical (unpaired) electrons. The van der Waals surface area contributed by atoms with E-state index in [1.807, 2.05) is 0 Å². The molecular formula is C19H17ClF4N2O3. The zero-order valence-electron chi connectivity index (χ0n) is 15.4. The molecule has 1 N–H and O–H groups in total. The second-order valence-corrected chi connectivity index (χ2v) is 6.95. The highest BCUT2D eigenvalue weighted by molar-refractivity contribution is 6.30. The van der Waals surface area contributed by atoms with Crippen LogP contribution in [0.15, 0.2) is 36.4 Å². The number of hydrogen-bond acceptors (Lipinski definition) is 3. The number of likely N-dealkylation sites (N-methyl/N-ethyl adjacent to an activating group) is 1. The number of nitrogens with zero attached hydrogens (tertiary/aromatic N) is 1. The molecule has 156 valence electrons. The van der Waals surface area contributed by atoms with E-state index in [0.717, 1.165) is 17.0 Å². The first-order valence-corrected chi connectivity index (χ1v) is 8.81. The van der Waals surface area contributed by atoms with Gasteiger partial charge in [0.1, 0.15) is 11.6 Å². The van der Waals surface area contributed by atoms with Gasteiger partial charge in [-0.15, -0.1) is 0 Å². The average molecular weight is 433 g/mol. The number of ether oxygens (including phenoxy) is 2. The van der Waals surface area contributed by atoms with Gasteiger partial charge in [-0.1, -0.05) is 17.7 Å². The van der Waals surface area contributed by atoms with Crippen LogP contribution in [0.4, 0.5) is 28.0 Å².